The molecule has 26 heavy (non-hydrogen) atoms. The second kappa shape index (κ2) is 6.86. The van der Waals surface area contributed by atoms with Crippen LogP contribution in [-0.4, -0.2) is 24.0 Å². The number of benzene rings is 1. The molecule has 5 nitrogen and oxygen atoms in total. The minimum Gasteiger partial charge on any atom is -0.348 e. The lowest BCUT2D eigenvalue weighted by molar-refractivity contribution is -0.137. The van der Waals surface area contributed by atoms with Gasteiger partial charge in [0, 0.05) is 5.56 Å². The van der Waals surface area contributed by atoms with E-state index >= 15 is 0 Å². The van der Waals surface area contributed by atoms with Gasteiger partial charge in [0.05, 0.1) is 30.2 Å². The molecule has 1 saturated heterocycles. The minimum atomic E-state index is -4.64. The first-order chi connectivity index (χ1) is 12.1. The third-order valence-corrected chi connectivity index (χ3v) is 4.65. The number of hydrogen-bond donors (Lipinski definition) is 3. The average Bonchev–Trinajstić information content (AvgIpc) is 3.38. The predicted molar refractivity (Wildman–Crippen MR) is 84.2 cm³/mol. The molecular weight excluding hydrogens is 354 g/mol. The summed E-state index contributed by atoms with van der Waals surface area (Å²) >= 11 is 0. The molecule has 142 valence electrons. The van der Waals surface area contributed by atoms with Gasteiger partial charge in [-0.2, -0.15) is 13.2 Å². The van der Waals surface area contributed by atoms with E-state index in [1.807, 2.05) is 0 Å². The molecule has 0 bridgehead atoms. The largest absolute Gasteiger partial charge is 0.416 e. The smallest absolute Gasteiger partial charge is 0.348 e. The lowest BCUT2D eigenvalue weighted by Gasteiger charge is -2.31. The molecule has 3 atom stereocenters. The van der Waals surface area contributed by atoms with Gasteiger partial charge in [0.1, 0.15) is 5.82 Å². The Morgan fingerprint density at radius 1 is 1.31 bits per heavy atom. The minimum absolute atomic E-state index is 0.0444. The number of alkyl halides is 3. The van der Waals surface area contributed by atoms with Crippen molar-refractivity contribution in [3.63, 3.8) is 0 Å². The fraction of sp³-hybridized carbons (Fsp3) is 0.529. The lowest BCUT2D eigenvalue weighted by atomic mass is 10.0. The molecule has 2 aliphatic rings. The molecule has 1 saturated carbocycles. The highest BCUT2D eigenvalue weighted by Gasteiger charge is 2.39. The van der Waals surface area contributed by atoms with Crippen LogP contribution in [0.25, 0.3) is 0 Å². The van der Waals surface area contributed by atoms with Crippen molar-refractivity contribution in [3.8, 4) is 0 Å². The molecule has 0 radical (unpaired) electrons. The highest BCUT2D eigenvalue weighted by Crippen LogP contribution is 2.33. The number of rotatable bonds is 4. The lowest BCUT2D eigenvalue weighted by Crippen LogP contribution is -2.61. The summed E-state index contributed by atoms with van der Waals surface area (Å²) in [6, 6.07) is 0.603. The van der Waals surface area contributed by atoms with E-state index in [1.54, 1.807) is 0 Å². The first-order valence-electron chi connectivity index (χ1n) is 8.37. The molecule has 2 unspecified atom stereocenters. The molecule has 1 aliphatic carbocycles. The predicted octanol–water partition coefficient (Wildman–Crippen LogP) is 2.24. The summed E-state index contributed by atoms with van der Waals surface area (Å²) in [6.07, 6.45) is -3.00. The Labute approximate surface area is 147 Å². The van der Waals surface area contributed by atoms with Crippen molar-refractivity contribution in [2.24, 2.45) is 5.92 Å². The fourth-order valence-electron chi connectivity index (χ4n) is 3.03. The van der Waals surface area contributed by atoms with E-state index in [9.17, 15) is 27.2 Å². The van der Waals surface area contributed by atoms with Gasteiger partial charge in [-0.25, -0.2) is 4.39 Å². The second-order valence-corrected chi connectivity index (χ2v) is 6.77. The quantitative estimate of drug-likeness (QED) is 0.709. The van der Waals surface area contributed by atoms with Crippen molar-refractivity contribution in [2.45, 2.75) is 50.6 Å². The molecule has 0 spiro atoms. The van der Waals surface area contributed by atoms with E-state index in [1.165, 1.54) is 6.92 Å². The van der Waals surface area contributed by atoms with Crippen molar-refractivity contribution >= 4 is 11.8 Å². The molecule has 1 aromatic rings. The van der Waals surface area contributed by atoms with Gasteiger partial charge < -0.3 is 10.6 Å². The highest BCUT2D eigenvalue weighted by atomic mass is 19.4. The van der Waals surface area contributed by atoms with E-state index in [2.05, 4.69) is 16.0 Å². The summed E-state index contributed by atoms with van der Waals surface area (Å²) in [5.41, 5.74) is -1.14. The first kappa shape index (κ1) is 18.6. The van der Waals surface area contributed by atoms with Crippen LogP contribution < -0.4 is 16.0 Å². The topological polar surface area (TPSA) is 70.2 Å². The van der Waals surface area contributed by atoms with Crippen LogP contribution in [0.4, 0.5) is 17.6 Å². The first-order valence-corrected chi connectivity index (χ1v) is 8.37. The van der Waals surface area contributed by atoms with E-state index < -0.39 is 35.5 Å². The zero-order valence-electron chi connectivity index (χ0n) is 14.0. The van der Waals surface area contributed by atoms with Crippen molar-refractivity contribution in [3.05, 3.63) is 35.1 Å². The van der Waals surface area contributed by atoms with Crippen LogP contribution in [0.2, 0.25) is 0 Å². The molecule has 9 heteroatoms. The number of halogens is 4. The summed E-state index contributed by atoms with van der Waals surface area (Å²) in [4.78, 5) is 24.2. The normalized spacial score (nSPS) is 24.7. The Kier molecular flexibility index (Phi) is 4.92. The molecule has 3 rings (SSSR count). The third kappa shape index (κ3) is 4.14. The van der Waals surface area contributed by atoms with Gasteiger partial charge in [-0.15, -0.1) is 0 Å². The number of amides is 2. The number of carbonyl (C=O) groups excluding carboxylic acids is 2. The van der Waals surface area contributed by atoms with Crippen LogP contribution in [-0.2, 0) is 15.8 Å². The molecule has 0 aromatic heterocycles. The zero-order valence-corrected chi connectivity index (χ0v) is 14.0. The summed E-state index contributed by atoms with van der Waals surface area (Å²) in [5.74, 6) is -1.47. The van der Waals surface area contributed by atoms with Gasteiger partial charge in [0.2, 0.25) is 11.8 Å². The Morgan fingerprint density at radius 2 is 2.00 bits per heavy atom. The second-order valence-electron chi connectivity index (χ2n) is 6.77. The van der Waals surface area contributed by atoms with Crippen LogP contribution in [0.5, 0.6) is 0 Å². The van der Waals surface area contributed by atoms with E-state index in [0.717, 1.165) is 25.0 Å². The van der Waals surface area contributed by atoms with Crippen molar-refractivity contribution in [1.82, 2.24) is 16.0 Å². The van der Waals surface area contributed by atoms with Crippen molar-refractivity contribution < 1.29 is 27.2 Å². The molecule has 1 heterocycles. The maximum absolute atomic E-state index is 14.0. The Hall–Kier alpha value is -2.16. The van der Waals surface area contributed by atoms with Crippen LogP contribution >= 0.6 is 0 Å². The van der Waals surface area contributed by atoms with Gasteiger partial charge in [0.15, 0.2) is 0 Å². The SMILES string of the molecule is C[C@@H](NC(=O)C1CC(=O)NC(C2CC2)N1)c1ccc(C(F)(F)F)cc1F. The van der Waals surface area contributed by atoms with Gasteiger partial charge in [-0.1, -0.05) is 6.07 Å². The molecule has 2 fully saturated rings. The molecule has 1 aromatic carbocycles. The highest BCUT2D eigenvalue weighted by molar-refractivity contribution is 5.89. The standard InChI is InChI=1S/C17H19F4N3O2/c1-8(11-5-4-10(6-12(11)18)17(19,20)21)22-16(26)13-7-14(25)24-15(23-13)9-2-3-9/h4-6,8-9,13,15,23H,2-3,7H2,1H3,(H,22,26)(H,24,25)/t8-,13?,15?/m1/s1. The summed E-state index contributed by atoms with van der Waals surface area (Å²) in [7, 11) is 0. The molecule has 3 N–H and O–H groups in total. The third-order valence-electron chi connectivity index (χ3n) is 4.65. The van der Waals surface area contributed by atoms with Crippen LogP contribution in [0.1, 0.15) is 43.4 Å². The van der Waals surface area contributed by atoms with E-state index in [4.69, 9.17) is 0 Å². The zero-order chi connectivity index (χ0) is 19.1. The summed E-state index contributed by atoms with van der Waals surface area (Å²) in [5, 5.41) is 8.40. The number of nitrogens with one attached hydrogen (secondary N) is 3. The van der Waals surface area contributed by atoms with Gasteiger partial charge in [-0.3, -0.25) is 14.9 Å². The number of carbonyl (C=O) groups is 2. The molecule has 1 aliphatic heterocycles. The maximum Gasteiger partial charge on any atom is 0.416 e. The van der Waals surface area contributed by atoms with Gasteiger partial charge in [0.25, 0.3) is 0 Å². The van der Waals surface area contributed by atoms with Crippen molar-refractivity contribution in [1.29, 1.82) is 0 Å². The number of hydrogen-bond acceptors (Lipinski definition) is 3. The average molecular weight is 373 g/mol. The monoisotopic (exact) mass is 373 g/mol. The Balaban J connectivity index is 1.66. The molecule has 2 amide bonds. The van der Waals surface area contributed by atoms with Gasteiger partial charge >= 0.3 is 6.18 Å². The summed E-state index contributed by atoms with van der Waals surface area (Å²) in [6.45, 7) is 1.48. The fourth-order valence-corrected chi connectivity index (χ4v) is 3.03. The van der Waals surface area contributed by atoms with Crippen LogP contribution in [0.3, 0.4) is 0 Å². The maximum atomic E-state index is 14.0. The Morgan fingerprint density at radius 3 is 2.58 bits per heavy atom. The van der Waals surface area contributed by atoms with Crippen LogP contribution in [0, 0.1) is 11.7 Å². The van der Waals surface area contributed by atoms with Crippen molar-refractivity contribution in [2.75, 3.05) is 0 Å². The Bertz CT molecular complexity index is 718. The summed E-state index contributed by atoms with van der Waals surface area (Å²) < 4.78 is 51.9. The van der Waals surface area contributed by atoms with Crippen LogP contribution in [0.15, 0.2) is 18.2 Å². The van der Waals surface area contributed by atoms with E-state index in [-0.39, 0.29) is 24.1 Å². The van der Waals surface area contributed by atoms with E-state index in [0.29, 0.717) is 12.0 Å². The van der Waals surface area contributed by atoms with Gasteiger partial charge in [-0.05, 0) is 37.8 Å². The molecular formula is C17H19F4N3O2.